The zero-order valence-corrected chi connectivity index (χ0v) is 21.2. The van der Waals surface area contributed by atoms with Crippen molar-refractivity contribution in [2.75, 3.05) is 32.1 Å². The Balaban J connectivity index is 0.00000364. The van der Waals surface area contributed by atoms with Gasteiger partial charge in [-0.2, -0.15) is 11.8 Å². The Bertz CT molecular complexity index is 584. The maximum atomic E-state index is 4.39. The molecule has 0 aliphatic carbocycles. The van der Waals surface area contributed by atoms with E-state index in [0.717, 1.165) is 49.4 Å². The zero-order valence-electron chi connectivity index (χ0n) is 17.2. The summed E-state index contributed by atoms with van der Waals surface area (Å²) in [6.45, 7) is 9.63. The number of halogens is 1. The number of aryl methyl sites for hydroxylation is 1. The number of aliphatic imine (C=N–C) groups is 1. The minimum Gasteiger partial charge on any atom is -0.356 e. The lowest BCUT2D eigenvalue weighted by Gasteiger charge is -2.24. The molecule has 27 heavy (non-hydrogen) atoms. The smallest absolute Gasteiger partial charge is 0.191 e. The van der Waals surface area contributed by atoms with Gasteiger partial charge in [-0.15, -0.1) is 34.2 Å². The summed E-state index contributed by atoms with van der Waals surface area (Å²) < 4.78 is 2.61. The van der Waals surface area contributed by atoms with Crippen molar-refractivity contribution in [3.63, 3.8) is 0 Å². The van der Waals surface area contributed by atoms with Gasteiger partial charge in [-0.3, -0.25) is 4.99 Å². The zero-order chi connectivity index (χ0) is 19.0. The van der Waals surface area contributed by atoms with Gasteiger partial charge < -0.3 is 15.2 Å². The summed E-state index contributed by atoms with van der Waals surface area (Å²) in [5, 5.41) is 16.6. The molecule has 1 aromatic rings. The van der Waals surface area contributed by atoms with E-state index in [1.54, 1.807) is 11.8 Å². The molecular weight excluding hydrogens is 491 g/mol. The van der Waals surface area contributed by atoms with E-state index >= 15 is 0 Å². The third kappa shape index (κ3) is 8.00. The fourth-order valence-corrected chi connectivity index (χ4v) is 4.89. The van der Waals surface area contributed by atoms with Gasteiger partial charge in [-0.25, -0.2) is 0 Å². The first kappa shape index (κ1) is 24.9. The maximum Gasteiger partial charge on any atom is 0.191 e. The SMILES string of the molecule is CN=C(NCCCc1nnc(SC)n1CC(C)C)NCC1(C)CCCS1.I. The number of nitrogens with zero attached hydrogens (tertiary/aromatic N) is 4. The van der Waals surface area contributed by atoms with Crippen molar-refractivity contribution in [1.29, 1.82) is 0 Å². The third-order valence-corrected chi connectivity index (χ3v) is 6.75. The third-order valence-electron chi connectivity index (χ3n) is 4.55. The van der Waals surface area contributed by atoms with E-state index in [0.29, 0.717) is 10.7 Å². The van der Waals surface area contributed by atoms with Crippen LogP contribution in [0.25, 0.3) is 0 Å². The van der Waals surface area contributed by atoms with Crippen LogP contribution in [0, 0.1) is 5.92 Å². The Morgan fingerprint density at radius 1 is 1.37 bits per heavy atom. The van der Waals surface area contributed by atoms with Gasteiger partial charge in [0, 0.05) is 37.8 Å². The first-order valence-electron chi connectivity index (χ1n) is 9.52. The van der Waals surface area contributed by atoms with Crippen LogP contribution in [0.2, 0.25) is 0 Å². The second-order valence-electron chi connectivity index (χ2n) is 7.47. The Kier molecular flexibility index (Phi) is 11.4. The van der Waals surface area contributed by atoms with Crippen LogP contribution in [-0.4, -0.2) is 57.6 Å². The van der Waals surface area contributed by atoms with Gasteiger partial charge in [0.05, 0.1) is 0 Å². The summed E-state index contributed by atoms with van der Waals surface area (Å²) in [7, 11) is 1.84. The predicted molar refractivity (Wildman–Crippen MR) is 130 cm³/mol. The van der Waals surface area contributed by atoms with Gasteiger partial charge >= 0.3 is 0 Å². The highest BCUT2D eigenvalue weighted by Gasteiger charge is 2.29. The second kappa shape index (κ2) is 12.4. The molecule has 1 atom stereocenters. The van der Waals surface area contributed by atoms with Crippen LogP contribution < -0.4 is 10.6 Å². The highest BCUT2D eigenvalue weighted by Crippen LogP contribution is 2.36. The molecule has 6 nitrogen and oxygen atoms in total. The van der Waals surface area contributed by atoms with Crippen LogP contribution in [0.1, 0.15) is 45.9 Å². The molecule has 0 spiro atoms. The van der Waals surface area contributed by atoms with E-state index in [1.165, 1.54) is 18.6 Å². The molecule has 1 aromatic heterocycles. The van der Waals surface area contributed by atoms with Crippen LogP contribution in [0.4, 0.5) is 0 Å². The summed E-state index contributed by atoms with van der Waals surface area (Å²) in [6, 6.07) is 0. The Morgan fingerprint density at radius 2 is 2.15 bits per heavy atom. The van der Waals surface area contributed by atoms with Crippen molar-refractivity contribution in [3.8, 4) is 0 Å². The molecular formula is C18H35IN6S2. The topological polar surface area (TPSA) is 67.1 Å². The number of guanidine groups is 1. The number of hydrogen-bond acceptors (Lipinski definition) is 5. The van der Waals surface area contributed by atoms with E-state index in [-0.39, 0.29) is 24.0 Å². The molecule has 2 N–H and O–H groups in total. The molecule has 0 aromatic carbocycles. The Hall–Kier alpha value is -0.160. The normalized spacial score (nSPS) is 20.0. The minimum atomic E-state index is 0. The van der Waals surface area contributed by atoms with Crippen LogP contribution in [0.15, 0.2) is 10.1 Å². The Labute approximate surface area is 189 Å². The molecule has 1 aliphatic rings. The van der Waals surface area contributed by atoms with Gasteiger partial charge in [0.25, 0.3) is 0 Å². The minimum absolute atomic E-state index is 0. The lowest BCUT2D eigenvalue weighted by Crippen LogP contribution is -2.43. The maximum absolute atomic E-state index is 4.39. The lowest BCUT2D eigenvalue weighted by molar-refractivity contribution is 0.477. The van der Waals surface area contributed by atoms with E-state index < -0.39 is 0 Å². The number of nitrogens with one attached hydrogen (secondary N) is 2. The number of aromatic nitrogens is 3. The largest absolute Gasteiger partial charge is 0.356 e. The first-order valence-corrected chi connectivity index (χ1v) is 11.7. The van der Waals surface area contributed by atoms with Crippen molar-refractivity contribution < 1.29 is 0 Å². The fraction of sp³-hybridized carbons (Fsp3) is 0.833. The van der Waals surface area contributed by atoms with Gasteiger partial charge in [0.1, 0.15) is 5.82 Å². The summed E-state index contributed by atoms with van der Waals surface area (Å²) in [5.74, 6) is 3.85. The van der Waals surface area contributed by atoms with E-state index in [4.69, 9.17) is 0 Å². The predicted octanol–water partition coefficient (Wildman–Crippen LogP) is 3.66. The molecule has 0 radical (unpaired) electrons. The highest BCUT2D eigenvalue weighted by molar-refractivity contribution is 14.0. The van der Waals surface area contributed by atoms with Crippen LogP contribution in [0.3, 0.4) is 0 Å². The van der Waals surface area contributed by atoms with E-state index in [9.17, 15) is 0 Å². The van der Waals surface area contributed by atoms with Crippen LogP contribution >= 0.6 is 47.5 Å². The lowest BCUT2D eigenvalue weighted by atomic mass is 10.1. The van der Waals surface area contributed by atoms with Gasteiger partial charge in [0.2, 0.25) is 0 Å². The van der Waals surface area contributed by atoms with E-state index in [2.05, 4.69) is 69.2 Å². The van der Waals surface area contributed by atoms with Crippen molar-refractivity contribution in [1.82, 2.24) is 25.4 Å². The van der Waals surface area contributed by atoms with Crippen molar-refractivity contribution in [2.24, 2.45) is 10.9 Å². The van der Waals surface area contributed by atoms with Crippen molar-refractivity contribution in [2.45, 2.75) is 62.9 Å². The molecule has 2 rings (SSSR count). The number of rotatable bonds is 9. The fourth-order valence-electron chi connectivity index (χ4n) is 3.12. The number of thioether (sulfide) groups is 2. The molecule has 9 heteroatoms. The average molecular weight is 527 g/mol. The molecule has 1 fully saturated rings. The monoisotopic (exact) mass is 526 g/mol. The Morgan fingerprint density at radius 3 is 2.74 bits per heavy atom. The van der Waals surface area contributed by atoms with Crippen LogP contribution in [0.5, 0.6) is 0 Å². The molecule has 1 saturated heterocycles. The molecule has 2 heterocycles. The number of hydrogen-bond donors (Lipinski definition) is 2. The van der Waals surface area contributed by atoms with Gasteiger partial charge in [-0.05, 0) is 44.1 Å². The summed E-state index contributed by atoms with van der Waals surface area (Å²) in [4.78, 5) is 4.35. The summed E-state index contributed by atoms with van der Waals surface area (Å²) >= 11 is 3.74. The standard InChI is InChI=1S/C18H34N6S2.HI/c1-14(2)12-24-15(22-23-17(24)25-5)8-6-10-20-16(19-4)21-13-18(3)9-7-11-26-18;/h14H,6-13H2,1-5H3,(H2,19,20,21);1H. The second-order valence-corrected chi connectivity index (χ2v) is 9.92. The van der Waals surface area contributed by atoms with E-state index in [1.807, 2.05) is 7.05 Å². The van der Waals surface area contributed by atoms with Gasteiger partial charge in [0.15, 0.2) is 11.1 Å². The molecule has 0 bridgehead atoms. The van der Waals surface area contributed by atoms with Gasteiger partial charge in [-0.1, -0.05) is 25.6 Å². The summed E-state index contributed by atoms with van der Waals surface area (Å²) in [6.07, 6.45) is 6.61. The quantitative estimate of drug-likeness (QED) is 0.168. The average Bonchev–Trinajstić information content (AvgIpc) is 3.21. The molecule has 0 saturated carbocycles. The molecule has 0 amide bonds. The summed E-state index contributed by atoms with van der Waals surface area (Å²) in [5.41, 5.74) is 0. The molecule has 156 valence electrons. The highest BCUT2D eigenvalue weighted by atomic mass is 127. The molecule has 1 unspecified atom stereocenters. The first-order chi connectivity index (χ1) is 12.5. The van der Waals surface area contributed by atoms with Crippen molar-refractivity contribution in [3.05, 3.63) is 5.82 Å². The molecule has 1 aliphatic heterocycles. The van der Waals surface area contributed by atoms with Crippen molar-refractivity contribution >= 4 is 53.5 Å². The van der Waals surface area contributed by atoms with Crippen LogP contribution in [-0.2, 0) is 13.0 Å².